The molecule has 3 aromatic rings. The molecule has 0 bridgehead atoms. The van der Waals surface area contributed by atoms with Crippen LogP contribution in [0.15, 0.2) is 60.7 Å². The number of rotatable bonds is 8. The number of amides is 3. The maximum absolute atomic E-state index is 12.8. The summed E-state index contributed by atoms with van der Waals surface area (Å²) in [6, 6.07) is 14.0. The maximum atomic E-state index is 12.8. The number of hydrogen-bond donors (Lipinski definition) is 4. The molecule has 0 unspecified atom stereocenters. The largest absolute Gasteiger partial charge is 0.467 e. The van der Waals surface area contributed by atoms with Crippen molar-refractivity contribution in [2.75, 3.05) is 30.6 Å². The van der Waals surface area contributed by atoms with Crippen LogP contribution in [0.1, 0.15) is 26.3 Å². The first-order valence-corrected chi connectivity index (χ1v) is 11.9. The van der Waals surface area contributed by atoms with Gasteiger partial charge in [0.1, 0.15) is 6.04 Å². The minimum absolute atomic E-state index is 0.0479. The van der Waals surface area contributed by atoms with Gasteiger partial charge in [0.25, 0.3) is 5.91 Å². The van der Waals surface area contributed by atoms with Gasteiger partial charge in [-0.25, -0.2) is 14.4 Å². The highest BCUT2D eigenvalue weighted by atomic mass is 35.5. The number of anilines is 3. The molecule has 0 aliphatic carbocycles. The summed E-state index contributed by atoms with van der Waals surface area (Å²) in [5.74, 6) is -1.94. The lowest BCUT2D eigenvalue weighted by molar-refractivity contribution is -0.142. The van der Waals surface area contributed by atoms with Gasteiger partial charge in [0.05, 0.1) is 41.1 Å². The first kappa shape index (κ1) is 28.3. The lowest BCUT2D eigenvalue weighted by atomic mass is 10.0. The number of nitrogens with two attached hydrogens (primary N) is 1. The van der Waals surface area contributed by atoms with Crippen molar-refractivity contribution >= 4 is 64.1 Å². The Morgan fingerprint density at radius 2 is 1.55 bits per heavy atom. The van der Waals surface area contributed by atoms with E-state index in [4.69, 9.17) is 38.4 Å². The number of esters is 2. The van der Waals surface area contributed by atoms with Crippen LogP contribution in [0.2, 0.25) is 10.0 Å². The van der Waals surface area contributed by atoms with E-state index in [-0.39, 0.29) is 33.3 Å². The lowest BCUT2D eigenvalue weighted by Crippen LogP contribution is -2.43. The Morgan fingerprint density at radius 3 is 2.16 bits per heavy atom. The number of halogens is 2. The average Bonchev–Trinajstić information content (AvgIpc) is 2.89. The zero-order chi connectivity index (χ0) is 27.8. The van der Waals surface area contributed by atoms with Gasteiger partial charge in [-0.2, -0.15) is 0 Å². The van der Waals surface area contributed by atoms with Crippen LogP contribution < -0.4 is 21.7 Å². The average molecular weight is 559 g/mol. The summed E-state index contributed by atoms with van der Waals surface area (Å²) < 4.78 is 9.55. The second-order valence-electron chi connectivity index (χ2n) is 7.92. The molecule has 198 valence electrons. The molecule has 0 spiro atoms. The number of hydrogen-bond acceptors (Lipinski definition) is 7. The number of nitrogens with one attached hydrogen (secondary N) is 3. The summed E-state index contributed by atoms with van der Waals surface area (Å²) in [6.07, 6.45) is 0.0981. The number of methoxy groups -OCH3 is 2. The van der Waals surface area contributed by atoms with E-state index in [1.54, 1.807) is 30.3 Å². The quantitative estimate of drug-likeness (QED) is 0.234. The lowest BCUT2D eigenvalue weighted by Gasteiger charge is -2.18. The van der Waals surface area contributed by atoms with E-state index in [2.05, 4.69) is 16.0 Å². The van der Waals surface area contributed by atoms with Gasteiger partial charge in [-0.1, -0.05) is 41.4 Å². The van der Waals surface area contributed by atoms with Crippen molar-refractivity contribution < 1.29 is 28.7 Å². The molecule has 3 rings (SSSR count). The van der Waals surface area contributed by atoms with E-state index in [1.165, 1.54) is 44.6 Å². The standard InChI is InChI=1S/C26H24Cl2N4O6/c1-37-24(34)17-13-15(29)8-11-20(17)32-26(36)30-16-9-6-14(7-10-16)12-21(25(35)38-2)31-23(33)22-18(27)4-3-5-19(22)28/h3-11,13,21H,12,29H2,1-2H3,(H,31,33)(H2,30,32,36)/t21-/m0/s1. The van der Waals surface area contributed by atoms with Crippen LogP contribution in [0.3, 0.4) is 0 Å². The molecule has 1 atom stereocenters. The molecular formula is C26H24Cl2N4O6. The first-order chi connectivity index (χ1) is 18.1. The molecule has 0 aliphatic rings. The summed E-state index contributed by atoms with van der Waals surface area (Å²) >= 11 is 12.2. The van der Waals surface area contributed by atoms with Gasteiger partial charge in [-0.05, 0) is 48.0 Å². The molecular weight excluding hydrogens is 535 g/mol. The van der Waals surface area contributed by atoms with Crippen LogP contribution in [-0.2, 0) is 20.7 Å². The van der Waals surface area contributed by atoms with E-state index in [1.807, 2.05) is 0 Å². The van der Waals surface area contributed by atoms with Crippen LogP contribution in [0.4, 0.5) is 21.9 Å². The van der Waals surface area contributed by atoms with Gasteiger partial charge in [0.2, 0.25) is 0 Å². The van der Waals surface area contributed by atoms with E-state index >= 15 is 0 Å². The fourth-order valence-corrected chi connectivity index (χ4v) is 4.04. The number of carbonyl (C=O) groups excluding carboxylic acids is 4. The molecule has 0 heterocycles. The molecule has 10 nitrogen and oxygen atoms in total. The molecule has 3 aromatic carbocycles. The van der Waals surface area contributed by atoms with Crippen molar-refractivity contribution in [3.8, 4) is 0 Å². The molecule has 0 saturated heterocycles. The third kappa shape index (κ3) is 7.15. The summed E-state index contributed by atoms with van der Waals surface area (Å²) in [7, 11) is 2.43. The molecule has 5 N–H and O–H groups in total. The van der Waals surface area contributed by atoms with E-state index in [0.717, 1.165) is 0 Å². The fraction of sp³-hybridized carbons (Fsp3) is 0.154. The number of nitrogen functional groups attached to an aromatic ring is 1. The molecule has 0 aliphatic heterocycles. The Morgan fingerprint density at radius 1 is 0.895 bits per heavy atom. The highest BCUT2D eigenvalue weighted by Crippen LogP contribution is 2.24. The summed E-state index contributed by atoms with van der Waals surface area (Å²) in [5.41, 5.74) is 7.53. The Hall–Kier alpha value is -4.28. The molecule has 38 heavy (non-hydrogen) atoms. The monoisotopic (exact) mass is 558 g/mol. The van der Waals surface area contributed by atoms with Crippen LogP contribution in [0.25, 0.3) is 0 Å². The predicted octanol–water partition coefficient (Wildman–Crippen LogP) is 4.52. The van der Waals surface area contributed by atoms with Crippen molar-refractivity contribution in [3.05, 3.63) is 87.4 Å². The molecule has 12 heteroatoms. The number of benzene rings is 3. The molecule has 0 saturated carbocycles. The van der Waals surface area contributed by atoms with Gasteiger partial charge in [-0.15, -0.1) is 0 Å². The molecule has 0 radical (unpaired) electrons. The van der Waals surface area contributed by atoms with Gasteiger partial charge < -0.3 is 31.2 Å². The summed E-state index contributed by atoms with van der Waals surface area (Å²) in [6.45, 7) is 0. The Bertz CT molecular complexity index is 1340. The van der Waals surface area contributed by atoms with E-state index < -0.39 is 29.9 Å². The third-order valence-corrected chi connectivity index (χ3v) is 5.96. The van der Waals surface area contributed by atoms with E-state index in [0.29, 0.717) is 16.9 Å². The van der Waals surface area contributed by atoms with Crippen molar-refractivity contribution in [1.82, 2.24) is 5.32 Å². The second-order valence-corrected chi connectivity index (χ2v) is 8.74. The fourth-order valence-electron chi connectivity index (χ4n) is 3.47. The van der Waals surface area contributed by atoms with E-state index in [9.17, 15) is 19.2 Å². The van der Waals surface area contributed by atoms with Gasteiger partial charge >= 0.3 is 18.0 Å². The van der Waals surface area contributed by atoms with Crippen molar-refractivity contribution in [1.29, 1.82) is 0 Å². The highest BCUT2D eigenvalue weighted by molar-refractivity contribution is 6.39. The number of ether oxygens (including phenoxy) is 2. The zero-order valence-corrected chi connectivity index (χ0v) is 21.9. The van der Waals surface area contributed by atoms with Crippen LogP contribution in [0.5, 0.6) is 0 Å². The van der Waals surface area contributed by atoms with Crippen LogP contribution in [0, 0.1) is 0 Å². The number of carbonyl (C=O) groups is 4. The maximum Gasteiger partial charge on any atom is 0.340 e. The normalized spacial score (nSPS) is 11.2. The van der Waals surface area contributed by atoms with Crippen molar-refractivity contribution in [3.63, 3.8) is 0 Å². The Labute approximate surface area is 228 Å². The summed E-state index contributed by atoms with van der Waals surface area (Å²) in [4.78, 5) is 49.6. The zero-order valence-electron chi connectivity index (χ0n) is 20.3. The SMILES string of the molecule is COC(=O)c1cc(N)ccc1NC(=O)Nc1ccc(C[C@H](NC(=O)c2c(Cl)cccc2Cl)C(=O)OC)cc1. The van der Waals surface area contributed by atoms with Gasteiger partial charge in [-0.3, -0.25) is 4.79 Å². The second kappa shape index (κ2) is 12.8. The topological polar surface area (TPSA) is 149 Å². The number of urea groups is 1. The van der Waals surface area contributed by atoms with Gasteiger partial charge in [0, 0.05) is 17.8 Å². The summed E-state index contributed by atoms with van der Waals surface area (Å²) in [5, 5.41) is 8.12. The van der Waals surface area contributed by atoms with Crippen molar-refractivity contribution in [2.24, 2.45) is 0 Å². The Balaban J connectivity index is 1.68. The first-order valence-electron chi connectivity index (χ1n) is 11.1. The highest BCUT2D eigenvalue weighted by Gasteiger charge is 2.25. The predicted molar refractivity (Wildman–Crippen MR) is 145 cm³/mol. The third-order valence-electron chi connectivity index (χ3n) is 5.33. The van der Waals surface area contributed by atoms with Crippen LogP contribution in [-0.4, -0.2) is 44.1 Å². The minimum atomic E-state index is -1.02. The van der Waals surface area contributed by atoms with Crippen LogP contribution >= 0.6 is 23.2 Å². The Kier molecular flexibility index (Phi) is 9.53. The molecule has 0 fully saturated rings. The minimum Gasteiger partial charge on any atom is -0.467 e. The smallest absolute Gasteiger partial charge is 0.340 e. The molecule has 3 amide bonds. The van der Waals surface area contributed by atoms with Gasteiger partial charge in [0.15, 0.2) is 0 Å². The molecule has 0 aromatic heterocycles. The van der Waals surface area contributed by atoms with Crippen molar-refractivity contribution in [2.45, 2.75) is 12.5 Å².